The van der Waals surface area contributed by atoms with E-state index >= 15 is 0 Å². The first kappa shape index (κ1) is 15.6. The van der Waals surface area contributed by atoms with Gasteiger partial charge in [0.15, 0.2) is 6.10 Å². The molecule has 3 heterocycles. The fourth-order valence-electron chi connectivity index (χ4n) is 3.42. The molecule has 0 radical (unpaired) electrons. The van der Waals surface area contributed by atoms with Crippen LogP contribution in [-0.4, -0.2) is 53.0 Å². The van der Waals surface area contributed by atoms with Crippen LogP contribution in [0.25, 0.3) is 0 Å². The first-order valence-electron chi connectivity index (χ1n) is 8.42. The molecule has 126 valence electrons. The molecule has 1 aromatic carbocycles. The Morgan fingerprint density at radius 1 is 1.25 bits per heavy atom. The molecule has 2 aliphatic heterocycles. The molecule has 24 heavy (non-hydrogen) atoms. The lowest BCUT2D eigenvalue weighted by molar-refractivity contribution is -0.137. The summed E-state index contributed by atoms with van der Waals surface area (Å²) in [6, 6.07) is 7.94. The average Bonchev–Trinajstić information content (AvgIpc) is 3.20. The third-order valence-electron chi connectivity index (χ3n) is 4.69. The molecule has 2 aliphatic rings. The monoisotopic (exact) mass is 343 g/mol. The number of hydrogen-bond acceptors (Lipinski definition) is 5. The van der Waals surface area contributed by atoms with E-state index in [4.69, 9.17) is 4.74 Å². The number of hydrogen-bond donors (Lipinski definition) is 0. The SMILES string of the molecule is O=C([C@H]1Cc2ccccc2O1)N1CCCN(Cc2cscn2)CC1. The molecular weight excluding hydrogens is 322 g/mol. The minimum atomic E-state index is -0.354. The molecule has 0 N–H and O–H groups in total. The number of fused-ring (bicyclic) bond motifs is 1. The number of rotatable bonds is 3. The highest BCUT2D eigenvalue weighted by atomic mass is 32.1. The Morgan fingerprint density at radius 3 is 3.00 bits per heavy atom. The van der Waals surface area contributed by atoms with Crippen LogP contribution < -0.4 is 4.74 Å². The van der Waals surface area contributed by atoms with E-state index in [1.165, 1.54) is 0 Å². The molecule has 0 bridgehead atoms. The van der Waals surface area contributed by atoms with Gasteiger partial charge in [-0.3, -0.25) is 9.69 Å². The highest BCUT2D eigenvalue weighted by Crippen LogP contribution is 2.29. The Labute approximate surface area is 145 Å². The first-order chi connectivity index (χ1) is 11.8. The summed E-state index contributed by atoms with van der Waals surface area (Å²) in [5, 5.41) is 2.09. The van der Waals surface area contributed by atoms with E-state index in [0.29, 0.717) is 6.42 Å². The average molecular weight is 343 g/mol. The van der Waals surface area contributed by atoms with Gasteiger partial charge in [0.25, 0.3) is 5.91 Å². The summed E-state index contributed by atoms with van der Waals surface area (Å²) in [7, 11) is 0. The highest BCUT2D eigenvalue weighted by Gasteiger charge is 2.32. The second-order valence-electron chi connectivity index (χ2n) is 6.35. The lowest BCUT2D eigenvalue weighted by Gasteiger charge is -2.24. The summed E-state index contributed by atoms with van der Waals surface area (Å²) >= 11 is 1.63. The van der Waals surface area contributed by atoms with Crippen LogP contribution in [0, 0.1) is 0 Å². The van der Waals surface area contributed by atoms with Gasteiger partial charge in [0.1, 0.15) is 5.75 Å². The van der Waals surface area contributed by atoms with Crippen molar-refractivity contribution in [2.75, 3.05) is 26.2 Å². The van der Waals surface area contributed by atoms with Crippen molar-refractivity contribution in [2.24, 2.45) is 0 Å². The Kier molecular flexibility index (Phi) is 4.49. The van der Waals surface area contributed by atoms with E-state index in [-0.39, 0.29) is 12.0 Å². The summed E-state index contributed by atoms with van der Waals surface area (Å²) in [5.41, 5.74) is 4.13. The Hall–Kier alpha value is -1.92. The van der Waals surface area contributed by atoms with Crippen molar-refractivity contribution in [1.82, 2.24) is 14.8 Å². The quantitative estimate of drug-likeness (QED) is 0.857. The van der Waals surface area contributed by atoms with Crippen molar-refractivity contribution in [1.29, 1.82) is 0 Å². The van der Waals surface area contributed by atoms with Crippen molar-refractivity contribution in [3.8, 4) is 5.75 Å². The second kappa shape index (κ2) is 6.91. The molecule has 0 saturated carbocycles. The Morgan fingerprint density at radius 2 is 2.17 bits per heavy atom. The maximum Gasteiger partial charge on any atom is 0.264 e. The predicted molar refractivity (Wildman–Crippen MR) is 93.2 cm³/mol. The minimum Gasteiger partial charge on any atom is -0.480 e. The minimum absolute atomic E-state index is 0.127. The number of aromatic nitrogens is 1. The van der Waals surface area contributed by atoms with Gasteiger partial charge in [0.2, 0.25) is 0 Å². The van der Waals surface area contributed by atoms with Crippen LogP contribution in [0.4, 0.5) is 0 Å². The number of amides is 1. The van der Waals surface area contributed by atoms with Crippen LogP contribution in [0.15, 0.2) is 35.2 Å². The van der Waals surface area contributed by atoms with Gasteiger partial charge in [0.05, 0.1) is 11.2 Å². The van der Waals surface area contributed by atoms with E-state index in [2.05, 4.69) is 15.3 Å². The van der Waals surface area contributed by atoms with Crippen LogP contribution in [0.5, 0.6) is 5.75 Å². The van der Waals surface area contributed by atoms with Crippen LogP contribution in [0.2, 0.25) is 0 Å². The standard InChI is InChI=1S/C18H21N3O2S/c22-18(17-10-14-4-1-2-5-16(14)23-17)21-7-3-6-20(8-9-21)11-15-12-24-13-19-15/h1-2,4-5,12-13,17H,3,6-11H2/t17-/m1/s1. The maximum atomic E-state index is 12.8. The van der Waals surface area contributed by atoms with Gasteiger partial charge < -0.3 is 9.64 Å². The number of carbonyl (C=O) groups excluding carboxylic acids is 1. The lowest BCUT2D eigenvalue weighted by Crippen LogP contribution is -2.43. The maximum absolute atomic E-state index is 12.8. The Balaban J connectivity index is 1.35. The molecule has 6 heteroatoms. The van der Waals surface area contributed by atoms with Crippen LogP contribution in [0.3, 0.4) is 0 Å². The van der Waals surface area contributed by atoms with Gasteiger partial charge in [-0.05, 0) is 18.1 Å². The molecular formula is C18H21N3O2S. The summed E-state index contributed by atoms with van der Waals surface area (Å²) in [4.78, 5) is 21.5. The third kappa shape index (κ3) is 3.30. The summed E-state index contributed by atoms with van der Waals surface area (Å²) in [6.07, 6.45) is 1.33. The van der Waals surface area contributed by atoms with Gasteiger partial charge in [0, 0.05) is 44.5 Å². The molecule has 2 aromatic rings. The molecule has 0 spiro atoms. The topological polar surface area (TPSA) is 45.7 Å². The number of thiazole rings is 1. The Bertz CT molecular complexity index is 679. The van der Waals surface area contributed by atoms with E-state index in [9.17, 15) is 4.79 Å². The predicted octanol–water partition coefficient (Wildman–Crippen LogP) is 2.18. The molecule has 0 aliphatic carbocycles. The van der Waals surface area contributed by atoms with Gasteiger partial charge in [-0.1, -0.05) is 18.2 Å². The number of ether oxygens (including phenoxy) is 1. The third-order valence-corrected chi connectivity index (χ3v) is 5.33. The van der Waals surface area contributed by atoms with Crippen molar-refractivity contribution in [2.45, 2.75) is 25.5 Å². The van der Waals surface area contributed by atoms with Gasteiger partial charge in [-0.25, -0.2) is 4.98 Å². The number of para-hydroxylation sites is 1. The van der Waals surface area contributed by atoms with Gasteiger partial charge in [-0.2, -0.15) is 0 Å². The molecule has 0 unspecified atom stereocenters. The molecule has 4 rings (SSSR count). The number of nitrogens with zero attached hydrogens (tertiary/aromatic N) is 3. The van der Waals surface area contributed by atoms with Crippen molar-refractivity contribution >= 4 is 17.2 Å². The van der Waals surface area contributed by atoms with E-state index in [1.807, 2.05) is 34.7 Å². The second-order valence-corrected chi connectivity index (χ2v) is 7.07. The van der Waals surface area contributed by atoms with Gasteiger partial charge >= 0.3 is 0 Å². The van der Waals surface area contributed by atoms with Crippen LogP contribution in [-0.2, 0) is 17.8 Å². The smallest absolute Gasteiger partial charge is 0.264 e. The van der Waals surface area contributed by atoms with Gasteiger partial charge in [-0.15, -0.1) is 11.3 Å². The fraction of sp³-hybridized carbons (Fsp3) is 0.444. The molecule has 1 atom stereocenters. The first-order valence-corrected chi connectivity index (χ1v) is 9.36. The normalized spacial score (nSPS) is 21.2. The zero-order valence-electron chi connectivity index (χ0n) is 13.6. The molecule has 1 aromatic heterocycles. The zero-order chi connectivity index (χ0) is 16.4. The summed E-state index contributed by atoms with van der Waals surface area (Å²) in [5.74, 6) is 0.984. The van der Waals surface area contributed by atoms with E-state index < -0.39 is 0 Å². The summed E-state index contributed by atoms with van der Waals surface area (Å²) < 4.78 is 5.86. The van der Waals surface area contributed by atoms with Crippen molar-refractivity contribution in [3.05, 3.63) is 46.4 Å². The van der Waals surface area contributed by atoms with Crippen molar-refractivity contribution in [3.63, 3.8) is 0 Å². The number of carbonyl (C=O) groups is 1. The fourth-order valence-corrected chi connectivity index (χ4v) is 3.97. The van der Waals surface area contributed by atoms with E-state index in [1.54, 1.807) is 11.3 Å². The largest absolute Gasteiger partial charge is 0.480 e. The zero-order valence-corrected chi connectivity index (χ0v) is 14.4. The molecule has 5 nitrogen and oxygen atoms in total. The van der Waals surface area contributed by atoms with Crippen molar-refractivity contribution < 1.29 is 9.53 Å². The number of benzene rings is 1. The van der Waals surface area contributed by atoms with Crippen LogP contribution >= 0.6 is 11.3 Å². The molecule has 1 fully saturated rings. The molecule has 1 amide bonds. The van der Waals surface area contributed by atoms with Crippen LogP contribution in [0.1, 0.15) is 17.7 Å². The molecule has 1 saturated heterocycles. The van der Waals surface area contributed by atoms with E-state index in [0.717, 1.165) is 56.2 Å². The highest BCUT2D eigenvalue weighted by molar-refractivity contribution is 7.07. The summed E-state index contributed by atoms with van der Waals surface area (Å²) in [6.45, 7) is 4.34. The lowest BCUT2D eigenvalue weighted by atomic mass is 10.1.